The van der Waals surface area contributed by atoms with Gasteiger partial charge in [0.05, 0.1) is 0 Å². The number of carbonyl (C=O) groups is 1. The zero-order valence-corrected chi connectivity index (χ0v) is 11.6. The second-order valence-corrected chi connectivity index (χ2v) is 5.83. The van der Waals surface area contributed by atoms with Crippen molar-refractivity contribution < 1.29 is 4.79 Å². The van der Waals surface area contributed by atoms with Gasteiger partial charge in [0.15, 0.2) is 0 Å². The van der Waals surface area contributed by atoms with E-state index in [2.05, 4.69) is 36.1 Å². The Kier molecular flexibility index (Phi) is 4.05. The SMILES string of the molecule is CC(C)C(=O)N1C[C@H](C)C[C@H]1Cc1ccccc1. The maximum absolute atomic E-state index is 12.2. The molecule has 1 amide bonds. The van der Waals surface area contributed by atoms with Gasteiger partial charge in [-0.3, -0.25) is 4.79 Å². The van der Waals surface area contributed by atoms with Crippen LogP contribution in [0.2, 0.25) is 0 Å². The summed E-state index contributed by atoms with van der Waals surface area (Å²) in [5.74, 6) is 1.04. The first-order valence-electron chi connectivity index (χ1n) is 6.92. The Morgan fingerprint density at radius 2 is 2.00 bits per heavy atom. The van der Waals surface area contributed by atoms with E-state index in [-0.39, 0.29) is 5.92 Å². The van der Waals surface area contributed by atoms with Crippen LogP contribution in [0.4, 0.5) is 0 Å². The molecule has 2 rings (SSSR count). The van der Waals surface area contributed by atoms with Gasteiger partial charge in [-0.05, 0) is 24.3 Å². The molecular formula is C16H23NO. The third kappa shape index (κ3) is 2.92. The molecule has 0 aromatic heterocycles. The van der Waals surface area contributed by atoms with E-state index in [1.165, 1.54) is 5.56 Å². The summed E-state index contributed by atoms with van der Waals surface area (Å²) in [4.78, 5) is 14.3. The first-order valence-corrected chi connectivity index (χ1v) is 6.92. The van der Waals surface area contributed by atoms with Crippen LogP contribution in [0.1, 0.15) is 32.8 Å². The number of hydrogen-bond donors (Lipinski definition) is 0. The summed E-state index contributed by atoms with van der Waals surface area (Å²) in [6, 6.07) is 10.9. The van der Waals surface area contributed by atoms with Crippen LogP contribution in [0.3, 0.4) is 0 Å². The van der Waals surface area contributed by atoms with Crippen molar-refractivity contribution in [2.24, 2.45) is 11.8 Å². The van der Waals surface area contributed by atoms with Crippen LogP contribution in [-0.4, -0.2) is 23.4 Å². The molecule has 0 N–H and O–H groups in total. The molecule has 1 fully saturated rings. The van der Waals surface area contributed by atoms with Gasteiger partial charge in [0.2, 0.25) is 5.91 Å². The molecule has 98 valence electrons. The maximum atomic E-state index is 12.2. The molecule has 1 heterocycles. The van der Waals surface area contributed by atoms with Crippen molar-refractivity contribution in [2.45, 2.75) is 39.7 Å². The molecule has 0 saturated carbocycles. The summed E-state index contributed by atoms with van der Waals surface area (Å²) in [7, 11) is 0. The summed E-state index contributed by atoms with van der Waals surface area (Å²) in [5, 5.41) is 0. The lowest BCUT2D eigenvalue weighted by molar-refractivity contribution is -0.135. The Labute approximate surface area is 110 Å². The average Bonchev–Trinajstić information content (AvgIpc) is 2.70. The highest BCUT2D eigenvalue weighted by Gasteiger charge is 2.33. The molecule has 1 saturated heterocycles. The van der Waals surface area contributed by atoms with Crippen molar-refractivity contribution in [3.05, 3.63) is 35.9 Å². The fraction of sp³-hybridized carbons (Fsp3) is 0.562. The summed E-state index contributed by atoms with van der Waals surface area (Å²) in [5.41, 5.74) is 1.33. The van der Waals surface area contributed by atoms with Gasteiger partial charge in [0.25, 0.3) is 0 Å². The predicted octanol–water partition coefficient (Wildman–Crippen LogP) is 3.12. The van der Waals surface area contributed by atoms with Gasteiger partial charge in [-0.25, -0.2) is 0 Å². The Bertz CT molecular complexity index is 399. The van der Waals surface area contributed by atoms with Crippen molar-refractivity contribution in [3.63, 3.8) is 0 Å². The van der Waals surface area contributed by atoms with Gasteiger partial charge in [-0.2, -0.15) is 0 Å². The Balaban J connectivity index is 2.08. The fourth-order valence-corrected chi connectivity index (χ4v) is 2.83. The number of amides is 1. The monoisotopic (exact) mass is 245 g/mol. The number of likely N-dealkylation sites (tertiary alicyclic amines) is 1. The molecule has 0 radical (unpaired) electrons. The van der Waals surface area contributed by atoms with Crippen molar-refractivity contribution in [2.75, 3.05) is 6.54 Å². The molecule has 2 nitrogen and oxygen atoms in total. The van der Waals surface area contributed by atoms with Crippen molar-refractivity contribution >= 4 is 5.91 Å². The molecule has 0 bridgehead atoms. The van der Waals surface area contributed by atoms with Gasteiger partial charge in [0.1, 0.15) is 0 Å². The molecule has 1 aromatic rings. The number of rotatable bonds is 3. The lowest BCUT2D eigenvalue weighted by atomic mass is 10.0. The summed E-state index contributed by atoms with van der Waals surface area (Å²) in [6.45, 7) is 7.15. The first kappa shape index (κ1) is 13.1. The van der Waals surface area contributed by atoms with Gasteiger partial charge < -0.3 is 4.90 Å². The minimum Gasteiger partial charge on any atom is -0.339 e. The van der Waals surface area contributed by atoms with Gasteiger partial charge in [0, 0.05) is 18.5 Å². The Hall–Kier alpha value is -1.31. The first-order chi connectivity index (χ1) is 8.58. The second-order valence-electron chi connectivity index (χ2n) is 5.83. The molecule has 2 atom stereocenters. The summed E-state index contributed by atoms with van der Waals surface area (Å²) in [6.07, 6.45) is 2.12. The van der Waals surface area contributed by atoms with Crippen LogP contribution in [0.15, 0.2) is 30.3 Å². The Morgan fingerprint density at radius 1 is 1.33 bits per heavy atom. The molecule has 0 spiro atoms. The topological polar surface area (TPSA) is 20.3 Å². The number of hydrogen-bond acceptors (Lipinski definition) is 1. The van der Waals surface area contributed by atoms with Gasteiger partial charge >= 0.3 is 0 Å². The van der Waals surface area contributed by atoms with Crippen LogP contribution in [0, 0.1) is 11.8 Å². The maximum Gasteiger partial charge on any atom is 0.225 e. The molecule has 0 aliphatic carbocycles. The molecule has 2 heteroatoms. The van der Waals surface area contributed by atoms with Crippen LogP contribution in [0.25, 0.3) is 0 Å². The largest absolute Gasteiger partial charge is 0.339 e. The summed E-state index contributed by atoms with van der Waals surface area (Å²) < 4.78 is 0. The highest BCUT2D eigenvalue weighted by molar-refractivity contribution is 5.78. The van der Waals surface area contributed by atoms with Crippen LogP contribution >= 0.6 is 0 Å². The zero-order chi connectivity index (χ0) is 13.1. The smallest absolute Gasteiger partial charge is 0.225 e. The molecule has 18 heavy (non-hydrogen) atoms. The van der Waals surface area contributed by atoms with Crippen LogP contribution in [-0.2, 0) is 11.2 Å². The van der Waals surface area contributed by atoms with E-state index in [1.54, 1.807) is 0 Å². The standard InChI is InChI=1S/C16H23NO/c1-12(2)16(18)17-11-13(3)9-15(17)10-14-7-5-4-6-8-14/h4-8,12-13,15H,9-11H2,1-3H3/t13-,15+/m1/s1. The normalized spacial score (nSPS) is 23.7. The van der Waals surface area contributed by atoms with E-state index in [4.69, 9.17) is 0 Å². The predicted molar refractivity (Wildman–Crippen MR) is 74.3 cm³/mol. The molecule has 1 aromatic carbocycles. The minimum absolute atomic E-state index is 0.105. The summed E-state index contributed by atoms with van der Waals surface area (Å²) >= 11 is 0. The molecule has 1 aliphatic rings. The van der Waals surface area contributed by atoms with Crippen LogP contribution in [0.5, 0.6) is 0 Å². The quantitative estimate of drug-likeness (QED) is 0.801. The second kappa shape index (κ2) is 5.55. The molecule has 0 unspecified atom stereocenters. The zero-order valence-electron chi connectivity index (χ0n) is 11.6. The Morgan fingerprint density at radius 3 is 2.61 bits per heavy atom. The van der Waals surface area contributed by atoms with E-state index in [1.807, 2.05) is 19.9 Å². The number of nitrogens with zero attached hydrogens (tertiary/aromatic N) is 1. The third-order valence-corrected chi connectivity index (χ3v) is 3.71. The number of benzene rings is 1. The highest BCUT2D eigenvalue weighted by atomic mass is 16.2. The van der Waals surface area contributed by atoms with E-state index in [0.29, 0.717) is 17.9 Å². The third-order valence-electron chi connectivity index (χ3n) is 3.71. The van der Waals surface area contributed by atoms with E-state index >= 15 is 0 Å². The van der Waals surface area contributed by atoms with Crippen LogP contribution < -0.4 is 0 Å². The lowest BCUT2D eigenvalue weighted by Gasteiger charge is -2.26. The van der Waals surface area contributed by atoms with Crippen molar-refractivity contribution in [3.8, 4) is 0 Å². The molecule has 1 aliphatic heterocycles. The van der Waals surface area contributed by atoms with Gasteiger partial charge in [-0.15, -0.1) is 0 Å². The van der Waals surface area contributed by atoms with E-state index in [9.17, 15) is 4.79 Å². The van der Waals surface area contributed by atoms with E-state index < -0.39 is 0 Å². The minimum atomic E-state index is 0.105. The highest BCUT2D eigenvalue weighted by Crippen LogP contribution is 2.27. The van der Waals surface area contributed by atoms with Gasteiger partial charge in [-0.1, -0.05) is 51.1 Å². The fourth-order valence-electron chi connectivity index (χ4n) is 2.83. The molecular weight excluding hydrogens is 222 g/mol. The lowest BCUT2D eigenvalue weighted by Crippen LogP contribution is -2.39. The number of carbonyl (C=O) groups excluding carboxylic acids is 1. The van der Waals surface area contributed by atoms with Crippen molar-refractivity contribution in [1.82, 2.24) is 4.90 Å². The van der Waals surface area contributed by atoms with Crippen molar-refractivity contribution in [1.29, 1.82) is 0 Å². The average molecular weight is 245 g/mol. The van der Waals surface area contributed by atoms with E-state index in [0.717, 1.165) is 19.4 Å².